The number of fused-ring (bicyclic) bond motifs is 1. The molecule has 2 aromatic heterocycles. The van der Waals surface area contributed by atoms with E-state index in [1.165, 1.54) is 0 Å². The van der Waals surface area contributed by atoms with Gasteiger partial charge in [-0.15, -0.1) is 0 Å². The van der Waals surface area contributed by atoms with Gasteiger partial charge in [-0.2, -0.15) is 0 Å². The highest BCUT2D eigenvalue weighted by Crippen LogP contribution is 2.26. The van der Waals surface area contributed by atoms with E-state index in [1.807, 2.05) is 36.7 Å². The Morgan fingerprint density at radius 3 is 2.68 bits per heavy atom. The van der Waals surface area contributed by atoms with E-state index in [2.05, 4.69) is 20.4 Å². The highest BCUT2D eigenvalue weighted by molar-refractivity contribution is 5.85. The predicted molar refractivity (Wildman–Crippen MR) is 72.9 cm³/mol. The summed E-state index contributed by atoms with van der Waals surface area (Å²) in [5.74, 6) is 5.68. The van der Waals surface area contributed by atoms with Crippen molar-refractivity contribution < 1.29 is 0 Å². The third-order valence-electron chi connectivity index (χ3n) is 3.06. The third-order valence-corrected chi connectivity index (χ3v) is 3.06. The highest BCUT2D eigenvalue weighted by Gasteiger charge is 2.16. The van der Waals surface area contributed by atoms with Crippen molar-refractivity contribution in [3.05, 3.63) is 66.5 Å². The van der Waals surface area contributed by atoms with Gasteiger partial charge in [0.15, 0.2) is 0 Å². The van der Waals surface area contributed by atoms with Crippen molar-refractivity contribution >= 4 is 10.8 Å². The molecular formula is C14H13N5. The molecule has 1 atom stereocenters. The van der Waals surface area contributed by atoms with Crippen molar-refractivity contribution in [3.63, 3.8) is 0 Å². The lowest BCUT2D eigenvalue weighted by Crippen LogP contribution is -2.29. The van der Waals surface area contributed by atoms with Crippen LogP contribution in [0.4, 0.5) is 0 Å². The summed E-state index contributed by atoms with van der Waals surface area (Å²) in [6.07, 6.45) is 8.63. The lowest BCUT2D eigenvalue weighted by atomic mass is 10.00. The van der Waals surface area contributed by atoms with Crippen LogP contribution in [0.2, 0.25) is 0 Å². The summed E-state index contributed by atoms with van der Waals surface area (Å²) in [5, 5.41) is 2.18. The molecule has 0 aliphatic carbocycles. The topological polar surface area (TPSA) is 76.7 Å². The quantitative estimate of drug-likeness (QED) is 0.546. The Balaban J connectivity index is 2.17. The van der Waals surface area contributed by atoms with Crippen molar-refractivity contribution in [2.45, 2.75) is 6.04 Å². The van der Waals surface area contributed by atoms with Crippen LogP contribution < -0.4 is 11.3 Å². The Morgan fingerprint density at radius 2 is 1.89 bits per heavy atom. The van der Waals surface area contributed by atoms with Gasteiger partial charge in [-0.1, -0.05) is 24.3 Å². The highest BCUT2D eigenvalue weighted by atomic mass is 15.2. The fraction of sp³-hybridized carbons (Fsp3) is 0.0714. The monoisotopic (exact) mass is 251 g/mol. The molecule has 3 rings (SSSR count). The first-order chi connectivity index (χ1) is 9.40. The summed E-state index contributed by atoms with van der Waals surface area (Å²) >= 11 is 0. The smallest absolute Gasteiger partial charge is 0.0917 e. The molecule has 0 bridgehead atoms. The average Bonchev–Trinajstić information content (AvgIpc) is 2.49. The van der Waals surface area contributed by atoms with Crippen LogP contribution in [-0.4, -0.2) is 15.0 Å². The maximum absolute atomic E-state index is 5.68. The third kappa shape index (κ3) is 2.16. The normalized spacial score (nSPS) is 12.5. The second-order valence-electron chi connectivity index (χ2n) is 4.18. The Hall–Kier alpha value is -2.37. The van der Waals surface area contributed by atoms with E-state index in [1.54, 1.807) is 18.6 Å². The molecule has 0 radical (unpaired) electrons. The maximum atomic E-state index is 5.68. The first kappa shape index (κ1) is 11.7. The van der Waals surface area contributed by atoms with Crippen molar-refractivity contribution in [1.82, 2.24) is 20.4 Å². The van der Waals surface area contributed by atoms with Gasteiger partial charge in [0, 0.05) is 35.7 Å². The summed E-state index contributed by atoms with van der Waals surface area (Å²) in [5.41, 5.74) is 4.54. The predicted octanol–water partition coefficient (Wildman–Crippen LogP) is 1.58. The SMILES string of the molecule is NNC(c1cnccn1)c1cncc2ccccc12. The molecule has 0 aliphatic rings. The van der Waals surface area contributed by atoms with Gasteiger partial charge in [-0.05, 0) is 5.39 Å². The molecule has 1 unspecified atom stereocenters. The second-order valence-corrected chi connectivity index (χ2v) is 4.18. The number of nitrogens with one attached hydrogen (secondary N) is 1. The molecule has 5 heteroatoms. The first-order valence-electron chi connectivity index (χ1n) is 5.95. The molecule has 3 N–H and O–H groups in total. The van der Waals surface area contributed by atoms with Gasteiger partial charge in [0.25, 0.3) is 0 Å². The number of hydrazine groups is 1. The van der Waals surface area contributed by atoms with Gasteiger partial charge in [0.05, 0.1) is 17.9 Å². The summed E-state index contributed by atoms with van der Waals surface area (Å²) in [7, 11) is 0. The fourth-order valence-corrected chi connectivity index (χ4v) is 2.16. The number of hydrogen-bond donors (Lipinski definition) is 2. The van der Waals surface area contributed by atoms with Crippen LogP contribution >= 0.6 is 0 Å². The van der Waals surface area contributed by atoms with Crippen molar-refractivity contribution in [2.75, 3.05) is 0 Å². The van der Waals surface area contributed by atoms with E-state index in [9.17, 15) is 0 Å². The Bertz CT molecular complexity index is 678. The zero-order valence-electron chi connectivity index (χ0n) is 10.2. The fourth-order valence-electron chi connectivity index (χ4n) is 2.16. The molecular weight excluding hydrogens is 238 g/mol. The van der Waals surface area contributed by atoms with E-state index in [4.69, 9.17) is 5.84 Å². The lowest BCUT2D eigenvalue weighted by Gasteiger charge is -2.16. The summed E-state index contributed by atoms with van der Waals surface area (Å²) in [4.78, 5) is 12.6. The van der Waals surface area contributed by atoms with E-state index in [0.29, 0.717) is 0 Å². The van der Waals surface area contributed by atoms with Gasteiger partial charge in [-0.25, -0.2) is 5.43 Å². The molecule has 19 heavy (non-hydrogen) atoms. The van der Waals surface area contributed by atoms with Crippen LogP contribution in [0.5, 0.6) is 0 Å². The number of rotatable bonds is 3. The number of nitrogens with zero attached hydrogens (tertiary/aromatic N) is 3. The number of aromatic nitrogens is 3. The standard InChI is InChI=1S/C14H13N5/c15-19-14(13-9-16-5-6-18-13)12-8-17-7-10-3-1-2-4-11(10)12/h1-9,14,19H,15H2. The van der Waals surface area contributed by atoms with Crippen LogP contribution in [0.3, 0.4) is 0 Å². The minimum atomic E-state index is -0.229. The average molecular weight is 251 g/mol. The first-order valence-corrected chi connectivity index (χ1v) is 5.95. The lowest BCUT2D eigenvalue weighted by molar-refractivity contribution is 0.620. The molecule has 94 valence electrons. The molecule has 0 saturated heterocycles. The van der Waals surface area contributed by atoms with E-state index >= 15 is 0 Å². The van der Waals surface area contributed by atoms with E-state index < -0.39 is 0 Å². The summed E-state index contributed by atoms with van der Waals surface area (Å²) < 4.78 is 0. The molecule has 3 aromatic rings. The Labute approximate surface area is 110 Å². The molecule has 0 fully saturated rings. The van der Waals surface area contributed by atoms with Crippen LogP contribution in [0.25, 0.3) is 10.8 Å². The molecule has 0 aliphatic heterocycles. The van der Waals surface area contributed by atoms with Crippen LogP contribution in [-0.2, 0) is 0 Å². The van der Waals surface area contributed by atoms with Gasteiger partial charge < -0.3 is 0 Å². The van der Waals surface area contributed by atoms with Crippen LogP contribution in [0, 0.1) is 0 Å². The minimum Gasteiger partial charge on any atom is -0.271 e. The number of hydrogen-bond acceptors (Lipinski definition) is 5. The van der Waals surface area contributed by atoms with Crippen LogP contribution in [0.1, 0.15) is 17.3 Å². The zero-order valence-corrected chi connectivity index (χ0v) is 10.2. The van der Waals surface area contributed by atoms with Crippen molar-refractivity contribution in [1.29, 1.82) is 0 Å². The molecule has 0 spiro atoms. The van der Waals surface area contributed by atoms with Gasteiger partial charge in [-0.3, -0.25) is 20.8 Å². The second kappa shape index (κ2) is 5.09. The summed E-state index contributed by atoms with van der Waals surface area (Å²) in [6, 6.07) is 7.83. The number of pyridine rings is 1. The van der Waals surface area contributed by atoms with E-state index in [0.717, 1.165) is 22.0 Å². The molecule has 2 heterocycles. The summed E-state index contributed by atoms with van der Waals surface area (Å²) in [6.45, 7) is 0. The zero-order chi connectivity index (χ0) is 13.1. The van der Waals surface area contributed by atoms with Gasteiger partial charge >= 0.3 is 0 Å². The molecule has 0 saturated carbocycles. The number of benzene rings is 1. The Morgan fingerprint density at radius 1 is 1.00 bits per heavy atom. The molecule has 1 aromatic carbocycles. The molecule has 5 nitrogen and oxygen atoms in total. The maximum Gasteiger partial charge on any atom is 0.0917 e. The van der Waals surface area contributed by atoms with Crippen molar-refractivity contribution in [3.8, 4) is 0 Å². The van der Waals surface area contributed by atoms with Crippen LogP contribution in [0.15, 0.2) is 55.2 Å². The minimum absolute atomic E-state index is 0.229. The van der Waals surface area contributed by atoms with Gasteiger partial charge in [0.2, 0.25) is 0 Å². The largest absolute Gasteiger partial charge is 0.271 e. The van der Waals surface area contributed by atoms with E-state index in [-0.39, 0.29) is 6.04 Å². The van der Waals surface area contributed by atoms with Crippen molar-refractivity contribution in [2.24, 2.45) is 5.84 Å². The number of nitrogens with two attached hydrogens (primary N) is 1. The van der Waals surface area contributed by atoms with Gasteiger partial charge in [0.1, 0.15) is 0 Å². The molecule has 0 amide bonds. The Kier molecular flexibility index (Phi) is 3.14.